The summed E-state index contributed by atoms with van der Waals surface area (Å²) in [5, 5.41) is 8.98. The van der Waals surface area contributed by atoms with Crippen LogP contribution in [0.4, 0.5) is 13.2 Å². The monoisotopic (exact) mass is 296 g/mol. The Bertz CT molecular complexity index is 675. The molecule has 6 heteroatoms. The molecule has 0 atom stereocenters. The molecular weight excluding hydrogens is 289 g/mol. The van der Waals surface area contributed by atoms with Gasteiger partial charge in [0.1, 0.15) is 0 Å². The van der Waals surface area contributed by atoms with Gasteiger partial charge in [-0.3, -0.25) is 4.98 Å². The van der Waals surface area contributed by atoms with Crippen molar-refractivity contribution in [1.29, 1.82) is 5.26 Å². The number of benzene rings is 1. The summed E-state index contributed by atoms with van der Waals surface area (Å²) in [6, 6.07) is 9.83. The SMILES string of the molecule is N#CCc1nc(-c2cccc(C(F)(F)F)c2)ccc1Cl. The van der Waals surface area contributed by atoms with Gasteiger partial charge in [0.05, 0.1) is 34.5 Å². The maximum absolute atomic E-state index is 12.7. The second kappa shape index (κ2) is 5.51. The zero-order valence-corrected chi connectivity index (χ0v) is 10.8. The summed E-state index contributed by atoms with van der Waals surface area (Å²) in [4.78, 5) is 4.13. The van der Waals surface area contributed by atoms with Crippen LogP contribution in [0, 0.1) is 11.3 Å². The molecule has 20 heavy (non-hydrogen) atoms. The van der Waals surface area contributed by atoms with E-state index in [1.807, 2.05) is 6.07 Å². The van der Waals surface area contributed by atoms with Crippen LogP contribution in [0.1, 0.15) is 11.3 Å². The summed E-state index contributed by atoms with van der Waals surface area (Å²) in [5.74, 6) is 0. The molecule has 0 unspecified atom stereocenters. The third-order valence-electron chi connectivity index (χ3n) is 2.65. The Morgan fingerprint density at radius 3 is 2.60 bits per heavy atom. The van der Waals surface area contributed by atoms with Crippen molar-refractivity contribution in [3.05, 3.63) is 52.7 Å². The minimum Gasteiger partial charge on any atom is -0.250 e. The molecule has 2 aromatic rings. The average molecular weight is 297 g/mol. The van der Waals surface area contributed by atoms with Crippen molar-refractivity contribution in [2.45, 2.75) is 12.6 Å². The number of alkyl halides is 3. The number of hydrogen-bond acceptors (Lipinski definition) is 2. The molecule has 1 aromatic heterocycles. The fraction of sp³-hybridized carbons (Fsp3) is 0.143. The molecule has 1 heterocycles. The summed E-state index contributed by atoms with van der Waals surface area (Å²) < 4.78 is 38.0. The quantitative estimate of drug-likeness (QED) is 0.819. The highest BCUT2D eigenvalue weighted by molar-refractivity contribution is 6.31. The van der Waals surface area contributed by atoms with Crippen molar-refractivity contribution in [1.82, 2.24) is 4.98 Å². The molecule has 0 N–H and O–H groups in total. The van der Waals surface area contributed by atoms with Crippen molar-refractivity contribution < 1.29 is 13.2 Å². The van der Waals surface area contributed by atoms with Gasteiger partial charge in [0.2, 0.25) is 0 Å². The first kappa shape index (κ1) is 14.4. The lowest BCUT2D eigenvalue weighted by Gasteiger charge is -2.09. The lowest BCUT2D eigenvalue weighted by atomic mass is 10.1. The molecule has 2 nitrogen and oxygen atoms in total. The molecular formula is C14H8ClF3N2. The fourth-order valence-electron chi connectivity index (χ4n) is 1.70. The minimum absolute atomic E-state index is 0.00559. The van der Waals surface area contributed by atoms with Crippen molar-refractivity contribution in [3.63, 3.8) is 0 Å². The second-order valence-electron chi connectivity index (χ2n) is 4.04. The first-order valence-corrected chi connectivity index (χ1v) is 5.99. The topological polar surface area (TPSA) is 36.7 Å². The lowest BCUT2D eigenvalue weighted by Crippen LogP contribution is -2.04. The van der Waals surface area contributed by atoms with Crippen LogP contribution in [-0.4, -0.2) is 4.98 Å². The predicted molar refractivity (Wildman–Crippen MR) is 69.0 cm³/mol. The molecule has 0 aliphatic heterocycles. The number of hydrogen-bond donors (Lipinski definition) is 0. The standard InChI is InChI=1S/C14H8ClF3N2/c15-11-4-5-12(20-13(11)6-7-19)9-2-1-3-10(8-9)14(16,17)18/h1-5,8H,6H2. The molecule has 0 amide bonds. The zero-order valence-electron chi connectivity index (χ0n) is 10.1. The van der Waals surface area contributed by atoms with Crippen LogP contribution in [0.3, 0.4) is 0 Å². The van der Waals surface area contributed by atoms with Gasteiger partial charge >= 0.3 is 6.18 Å². The predicted octanol–water partition coefficient (Wildman–Crippen LogP) is 4.49. The number of halogens is 4. The van der Waals surface area contributed by atoms with Gasteiger partial charge in [-0.1, -0.05) is 23.7 Å². The Morgan fingerprint density at radius 2 is 1.95 bits per heavy atom. The second-order valence-corrected chi connectivity index (χ2v) is 4.45. The molecule has 2 rings (SSSR count). The van der Waals surface area contributed by atoms with Gasteiger partial charge in [0.25, 0.3) is 0 Å². The summed E-state index contributed by atoms with van der Waals surface area (Å²) in [6.07, 6.45) is -4.40. The molecule has 0 saturated heterocycles. The number of aromatic nitrogens is 1. The Balaban J connectivity index is 2.47. The molecule has 0 radical (unpaired) electrons. The Kier molecular flexibility index (Phi) is 3.96. The van der Waals surface area contributed by atoms with Crippen molar-refractivity contribution in [2.75, 3.05) is 0 Å². The van der Waals surface area contributed by atoms with E-state index in [0.717, 1.165) is 12.1 Å². The van der Waals surface area contributed by atoms with Gasteiger partial charge in [-0.2, -0.15) is 18.4 Å². The van der Waals surface area contributed by atoms with E-state index in [0.29, 0.717) is 22.0 Å². The van der Waals surface area contributed by atoms with Crippen LogP contribution in [-0.2, 0) is 12.6 Å². The van der Waals surface area contributed by atoms with E-state index in [2.05, 4.69) is 4.98 Å². The van der Waals surface area contributed by atoms with Crippen molar-refractivity contribution in [2.24, 2.45) is 0 Å². The highest BCUT2D eigenvalue weighted by Gasteiger charge is 2.30. The van der Waals surface area contributed by atoms with E-state index >= 15 is 0 Å². The van der Waals surface area contributed by atoms with Crippen molar-refractivity contribution in [3.8, 4) is 17.3 Å². The number of nitrogens with zero attached hydrogens (tertiary/aromatic N) is 2. The van der Waals surface area contributed by atoms with Crippen LogP contribution < -0.4 is 0 Å². The molecule has 0 bridgehead atoms. The number of pyridine rings is 1. The van der Waals surface area contributed by atoms with Gasteiger partial charge in [-0.05, 0) is 24.3 Å². The van der Waals surface area contributed by atoms with Crippen LogP contribution in [0.25, 0.3) is 11.3 Å². The van der Waals surface area contributed by atoms with E-state index in [4.69, 9.17) is 16.9 Å². The van der Waals surface area contributed by atoms with Gasteiger partial charge in [-0.25, -0.2) is 0 Å². The third-order valence-corrected chi connectivity index (χ3v) is 2.99. The number of rotatable bonds is 2. The summed E-state index contributed by atoms with van der Waals surface area (Å²) >= 11 is 5.87. The molecule has 0 saturated carbocycles. The zero-order chi connectivity index (χ0) is 14.8. The maximum Gasteiger partial charge on any atom is 0.416 e. The Morgan fingerprint density at radius 1 is 1.20 bits per heavy atom. The third kappa shape index (κ3) is 3.09. The molecule has 1 aromatic carbocycles. The smallest absolute Gasteiger partial charge is 0.250 e. The largest absolute Gasteiger partial charge is 0.416 e. The molecule has 0 aliphatic carbocycles. The molecule has 0 aliphatic rings. The highest BCUT2D eigenvalue weighted by Crippen LogP contribution is 2.32. The van der Waals surface area contributed by atoms with Gasteiger partial charge in [0, 0.05) is 5.56 Å². The van der Waals surface area contributed by atoms with E-state index < -0.39 is 11.7 Å². The van der Waals surface area contributed by atoms with Gasteiger partial charge < -0.3 is 0 Å². The maximum atomic E-state index is 12.7. The first-order chi connectivity index (χ1) is 9.41. The van der Waals surface area contributed by atoms with Crippen LogP contribution in [0.2, 0.25) is 5.02 Å². The van der Waals surface area contributed by atoms with Crippen LogP contribution in [0.15, 0.2) is 36.4 Å². The summed E-state index contributed by atoms with van der Waals surface area (Å²) in [7, 11) is 0. The van der Waals surface area contributed by atoms with Gasteiger partial charge in [-0.15, -0.1) is 0 Å². The Hall–Kier alpha value is -2.06. The van der Waals surface area contributed by atoms with E-state index in [1.54, 1.807) is 0 Å². The summed E-state index contributed by atoms with van der Waals surface area (Å²) in [5.41, 5.74) is 0.291. The number of nitriles is 1. The molecule has 102 valence electrons. The van der Waals surface area contributed by atoms with Crippen LogP contribution in [0.5, 0.6) is 0 Å². The fourth-order valence-corrected chi connectivity index (χ4v) is 1.87. The molecule has 0 spiro atoms. The van der Waals surface area contributed by atoms with Crippen molar-refractivity contribution >= 4 is 11.6 Å². The molecule has 0 fully saturated rings. The normalized spacial score (nSPS) is 11.2. The lowest BCUT2D eigenvalue weighted by molar-refractivity contribution is -0.137. The highest BCUT2D eigenvalue weighted by atomic mass is 35.5. The van der Waals surface area contributed by atoms with E-state index in [9.17, 15) is 13.2 Å². The first-order valence-electron chi connectivity index (χ1n) is 5.62. The van der Waals surface area contributed by atoms with E-state index in [-0.39, 0.29) is 6.42 Å². The van der Waals surface area contributed by atoms with Crippen LogP contribution >= 0.6 is 11.6 Å². The summed E-state index contributed by atoms with van der Waals surface area (Å²) in [6.45, 7) is 0. The average Bonchev–Trinajstić information content (AvgIpc) is 2.41. The Labute approximate surface area is 118 Å². The minimum atomic E-state index is -4.40. The van der Waals surface area contributed by atoms with Gasteiger partial charge in [0.15, 0.2) is 0 Å². The van der Waals surface area contributed by atoms with E-state index in [1.165, 1.54) is 24.3 Å².